The van der Waals surface area contributed by atoms with Crippen molar-refractivity contribution in [3.05, 3.63) is 63.4 Å². The van der Waals surface area contributed by atoms with Crippen molar-refractivity contribution in [2.75, 3.05) is 5.43 Å². The van der Waals surface area contributed by atoms with E-state index in [9.17, 15) is 10.1 Å². The molecular weight excluding hydrogens is 344 g/mol. The lowest BCUT2D eigenvalue weighted by atomic mass is 10.2. The van der Waals surface area contributed by atoms with E-state index in [-0.39, 0.29) is 12.4 Å². The quantitative estimate of drug-likeness (QED) is 0.395. The van der Waals surface area contributed by atoms with Crippen molar-refractivity contribution in [1.82, 2.24) is 14.8 Å². The van der Waals surface area contributed by atoms with Crippen LogP contribution in [0.4, 0.5) is 10.8 Å². The van der Waals surface area contributed by atoms with Crippen LogP contribution in [0.1, 0.15) is 11.3 Å². The zero-order chi connectivity index (χ0) is 17.6. The lowest BCUT2D eigenvalue weighted by Gasteiger charge is -2.06. The number of nitrogens with one attached hydrogen (secondary N) is 1. The van der Waals surface area contributed by atoms with Crippen molar-refractivity contribution >= 4 is 28.4 Å². The van der Waals surface area contributed by atoms with Gasteiger partial charge >= 0.3 is 5.69 Å². The number of hydrogen-bond acceptors (Lipinski definition) is 8. The van der Waals surface area contributed by atoms with Gasteiger partial charge in [-0.05, 0) is 24.6 Å². The van der Waals surface area contributed by atoms with E-state index < -0.39 is 4.92 Å². The summed E-state index contributed by atoms with van der Waals surface area (Å²) in [4.78, 5) is 14.4. The van der Waals surface area contributed by atoms with Gasteiger partial charge in [0, 0.05) is 5.38 Å². The minimum atomic E-state index is -0.502. The summed E-state index contributed by atoms with van der Waals surface area (Å²) < 4.78 is 6.93. The van der Waals surface area contributed by atoms with Crippen molar-refractivity contribution in [3.63, 3.8) is 0 Å². The molecule has 0 amide bonds. The van der Waals surface area contributed by atoms with Crippen LogP contribution >= 0.6 is 11.3 Å². The highest BCUT2D eigenvalue weighted by Gasteiger charge is 2.08. The molecule has 25 heavy (non-hydrogen) atoms. The summed E-state index contributed by atoms with van der Waals surface area (Å²) in [6.45, 7) is 1.99. The maximum Gasteiger partial charge on any atom is 0.307 e. The molecule has 0 spiro atoms. The minimum Gasteiger partial charge on any atom is -0.471 e. The first-order chi connectivity index (χ1) is 12.1. The van der Waals surface area contributed by atoms with Crippen molar-refractivity contribution < 1.29 is 9.66 Å². The summed E-state index contributed by atoms with van der Waals surface area (Å²) in [6.07, 6.45) is 4.14. The minimum absolute atomic E-state index is 0.0745. The highest BCUT2D eigenvalue weighted by molar-refractivity contribution is 7.13. The summed E-state index contributed by atoms with van der Waals surface area (Å²) in [5.74, 6) is 0.604. The fourth-order valence-electron chi connectivity index (χ4n) is 1.91. The van der Waals surface area contributed by atoms with Crippen LogP contribution in [0.3, 0.4) is 0 Å². The lowest BCUT2D eigenvalue weighted by molar-refractivity contribution is -0.385. The Hall–Kier alpha value is -3.27. The predicted octanol–water partition coefficient (Wildman–Crippen LogP) is 3.04. The van der Waals surface area contributed by atoms with Gasteiger partial charge in [0.15, 0.2) is 6.73 Å². The molecule has 1 N–H and O–H groups in total. The Bertz CT molecular complexity index is 904. The summed E-state index contributed by atoms with van der Waals surface area (Å²) >= 11 is 1.48. The second-order valence-corrected chi connectivity index (χ2v) is 5.86. The second kappa shape index (κ2) is 7.53. The molecule has 0 aliphatic carbocycles. The number of nitrogens with zero attached hydrogens (tertiary/aromatic N) is 5. The molecule has 9 nitrogen and oxygen atoms in total. The Labute approximate surface area is 146 Å². The number of nitro groups is 1. The zero-order valence-corrected chi connectivity index (χ0v) is 14.0. The van der Waals surface area contributed by atoms with Crippen LogP contribution in [-0.2, 0) is 6.73 Å². The standard InChI is InChI=1S/C15H14N6O3S/c1-11-9-25-15(18-11)19-16-6-12-3-2-4-14(5-12)24-10-20-8-13(7-17-20)21(22)23/h2-9H,10H2,1H3,(H,18,19). The normalized spacial score (nSPS) is 10.9. The van der Waals surface area contributed by atoms with Crippen LogP contribution in [0.25, 0.3) is 0 Å². The molecular formula is C15H14N6O3S. The third-order valence-corrected chi connectivity index (χ3v) is 3.91. The number of thiazole rings is 1. The van der Waals surface area contributed by atoms with Gasteiger partial charge < -0.3 is 4.74 Å². The zero-order valence-electron chi connectivity index (χ0n) is 13.2. The van der Waals surface area contributed by atoms with Crippen molar-refractivity contribution in [2.24, 2.45) is 5.10 Å². The maximum atomic E-state index is 10.6. The highest BCUT2D eigenvalue weighted by Crippen LogP contribution is 2.15. The molecule has 0 unspecified atom stereocenters. The van der Waals surface area contributed by atoms with Crippen LogP contribution in [0.2, 0.25) is 0 Å². The monoisotopic (exact) mass is 358 g/mol. The van der Waals surface area contributed by atoms with Gasteiger partial charge in [0.1, 0.15) is 18.1 Å². The Morgan fingerprint density at radius 1 is 1.52 bits per heavy atom. The van der Waals surface area contributed by atoms with Crippen molar-refractivity contribution in [2.45, 2.75) is 13.7 Å². The van der Waals surface area contributed by atoms with E-state index in [4.69, 9.17) is 4.74 Å². The molecule has 128 valence electrons. The van der Waals surface area contributed by atoms with Crippen LogP contribution in [0.15, 0.2) is 47.1 Å². The van der Waals surface area contributed by atoms with E-state index in [1.54, 1.807) is 18.3 Å². The van der Waals surface area contributed by atoms with E-state index >= 15 is 0 Å². The van der Waals surface area contributed by atoms with Crippen LogP contribution in [0, 0.1) is 17.0 Å². The molecule has 0 saturated heterocycles. The van der Waals surface area contributed by atoms with E-state index in [2.05, 4.69) is 20.6 Å². The summed E-state index contributed by atoms with van der Waals surface area (Å²) in [5.41, 5.74) is 4.57. The first-order valence-corrected chi connectivity index (χ1v) is 8.09. The van der Waals surface area contributed by atoms with E-state index in [0.29, 0.717) is 5.75 Å². The molecule has 0 bridgehead atoms. The Kier molecular flexibility index (Phi) is 5.00. The Morgan fingerprint density at radius 3 is 3.12 bits per heavy atom. The number of anilines is 1. The van der Waals surface area contributed by atoms with Crippen LogP contribution < -0.4 is 10.2 Å². The van der Waals surface area contributed by atoms with Gasteiger partial charge in [0.05, 0.1) is 16.8 Å². The Balaban J connectivity index is 1.57. The number of aryl methyl sites for hydroxylation is 1. The molecule has 0 fully saturated rings. The van der Waals surface area contributed by atoms with E-state index in [1.807, 2.05) is 24.4 Å². The Morgan fingerprint density at radius 2 is 2.40 bits per heavy atom. The second-order valence-electron chi connectivity index (χ2n) is 5.01. The molecule has 3 rings (SSSR count). The molecule has 3 aromatic rings. The molecule has 0 saturated carbocycles. The number of hydrogen-bond donors (Lipinski definition) is 1. The molecule has 0 aliphatic heterocycles. The number of rotatable bonds is 7. The summed E-state index contributed by atoms with van der Waals surface area (Å²) in [7, 11) is 0. The average Bonchev–Trinajstić information content (AvgIpc) is 3.23. The van der Waals surface area contributed by atoms with Crippen molar-refractivity contribution in [3.8, 4) is 5.75 Å². The predicted molar refractivity (Wildman–Crippen MR) is 94.0 cm³/mol. The van der Waals surface area contributed by atoms with Gasteiger partial charge in [-0.25, -0.2) is 9.67 Å². The molecule has 0 atom stereocenters. The fourth-order valence-corrected chi connectivity index (χ4v) is 2.55. The van der Waals surface area contributed by atoms with E-state index in [0.717, 1.165) is 16.4 Å². The average molecular weight is 358 g/mol. The third kappa shape index (κ3) is 4.61. The molecule has 10 heteroatoms. The number of ether oxygens (including phenoxy) is 1. The molecule has 1 aromatic carbocycles. The van der Waals surface area contributed by atoms with Gasteiger partial charge in [-0.1, -0.05) is 12.1 Å². The van der Waals surface area contributed by atoms with Gasteiger partial charge in [-0.2, -0.15) is 10.2 Å². The van der Waals surface area contributed by atoms with Gasteiger partial charge in [0.2, 0.25) is 5.13 Å². The first-order valence-electron chi connectivity index (χ1n) is 7.21. The molecule has 2 aromatic heterocycles. The highest BCUT2D eigenvalue weighted by atomic mass is 32.1. The first kappa shape index (κ1) is 16.6. The van der Waals surface area contributed by atoms with E-state index in [1.165, 1.54) is 28.4 Å². The van der Waals surface area contributed by atoms with Crippen molar-refractivity contribution in [1.29, 1.82) is 0 Å². The number of hydrazone groups is 1. The fraction of sp³-hybridized carbons (Fsp3) is 0.133. The molecule has 0 aliphatic rings. The summed E-state index contributed by atoms with van der Waals surface area (Å²) in [5, 5.41) is 21.3. The smallest absolute Gasteiger partial charge is 0.307 e. The topological polar surface area (TPSA) is 107 Å². The third-order valence-electron chi connectivity index (χ3n) is 3.04. The summed E-state index contributed by atoms with van der Waals surface area (Å²) in [6, 6.07) is 7.29. The van der Waals surface area contributed by atoms with Crippen LogP contribution in [0.5, 0.6) is 5.75 Å². The SMILES string of the molecule is Cc1csc(NN=Cc2cccc(OCn3cc([N+](=O)[O-])cn3)c2)n1. The lowest BCUT2D eigenvalue weighted by Crippen LogP contribution is -2.05. The molecule has 0 radical (unpaired) electrons. The number of aromatic nitrogens is 3. The largest absolute Gasteiger partial charge is 0.471 e. The van der Waals surface area contributed by atoms with Gasteiger partial charge in [-0.15, -0.1) is 11.3 Å². The molecule has 2 heterocycles. The maximum absolute atomic E-state index is 10.6. The van der Waals surface area contributed by atoms with Crippen LogP contribution in [-0.4, -0.2) is 25.9 Å². The number of benzene rings is 1. The van der Waals surface area contributed by atoms with Gasteiger partial charge in [-0.3, -0.25) is 15.5 Å². The van der Waals surface area contributed by atoms with Gasteiger partial charge in [0.25, 0.3) is 0 Å².